The van der Waals surface area contributed by atoms with Crippen LogP contribution < -0.4 is 21.7 Å². The van der Waals surface area contributed by atoms with Crippen LogP contribution in [-0.2, 0) is 59.2 Å². The second-order valence-electron chi connectivity index (χ2n) is 25.0. The minimum absolute atomic E-state index is 0.0503. The first-order valence-corrected chi connectivity index (χ1v) is 31.1. The van der Waals surface area contributed by atoms with Gasteiger partial charge in [-0.15, -0.1) is 0 Å². The van der Waals surface area contributed by atoms with Crippen LogP contribution in [0.15, 0.2) is 66.7 Å². The summed E-state index contributed by atoms with van der Waals surface area (Å²) in [5, 5.41) is 19.4. The van der Waals surface area contributed by atoms with Gasteiger partial charge in [-0.05, 0) is 78.5 Å². The number of likely N-dealkylation sites (tertiary alicyclic amines) is 1. The van der Waals surface area contributed by atoms with Gasteiger partial charge in [-0.25, -0.2) is 9.59 Å². The molecule has 2 heterocycles. The topological polar surface area (TPSA) is 294 Å². The van der Waals surface area contributed by atoms with E-state index in [4.69, 9.17) is 19.9 Å². The van der Waals surface area contributed by atoms with E-state index in [1.165, 1.54) is 19.1 Å². The smallest absolute Gasteiger partial charge is 0.410 e. The summed E-state index contributed by atoms with van der Waals surface area (Å²) in [6.07, 6.45) is 1.65. The summed E-state index contributed by atoms with van der Waals surface area (Å²) >= 11 is 0. The van der Waals surface area contributed by atoms with Gasteiger partial charge in [-0.3, -0.25) is 48.6 Å². The Kier molecular flexibility index (Phi) is 29.6. The molecule has 22 nitrogen and oxygen atoms in total. The molecule has 2 aromatic carbocycles. The van der Waals surface area contributed by atoms with Gasteiger partial charge in [-0.1, -0.05) is 118 Å². The third kappa shape index (κ3) is 20.6. The molecule has 0 saturated carbocycles. The van der Waals surface area contributed by atoms with Crippen LogP contribution in [0.3, 0.4) is 0 Å². The van der Waals surface area contributed by atoms with E-state index in [9.17, 15) is 53.1 Å². The monoisotopic (exact) mass is 1230 g/mol. The highest BCUT2D eigenvalue weighted by molar-refractivity contribution is 6.12. The van der Waals surface area contributed by atoms with Crippen LogP contribution in [0.5, 0.6) is 0 Å². The van der Waals surface area contributed by atoms with Crippen molar-refractivity contribution < 1.29 is 67.3 Å². The first-order valence-electron chi connectivity index (χ1n) is 31.1. The summed E-state index contributed by atoms with van der Waals surface area (Å²) < 4.78 is 17.8. The number of hydrogen-bond donors (Lipinski definition) is 5. The molecule has 0 spiro atoms. The van der Waals surface area contributed by atoms with E-state index in [0.29, 0.717) is 43.5 Å². The zero-order chi connectivity index (χ0) is 65.7. The lowest BCUT2D eigenvalue weighted by Gasteiger charge is -2.41. The molecule has 1 fully saturated rings. The predicted molar refractivity (Wildman–Crippen MR) is 333 cm³/mol. The molecule has 0 bridgehead atoms. The predicted octanol–water partition coefficient (Wildman–Crippen LogP) is 7.22. The van der Waals surface area contributed by atoms with Gasteiger partial charge in [0.2, 0.25) is 17.7 Å². The summed E-state index contributed by atoms with van der Waals surface area (Å²) in [7, 11) is 6.24. The van der Waals surface area contributed by atoms with Gasteiger partial charge in [0.1, 0.15) is 12.4 Å². The maximum atomic E-state index is 14.9. The van der Waals surface area contributed by atoms with Gasteiger partial charge in [0.15, 0.2) is 11.6 Å². The second kappa shape index (κ2) is 35.3. The number of carbonyl (C=O) groups is 10. The third-order valence-corrected chi connectivity index (χ3v) is 17.6. The van der Waals surface area contributed by atoms with Crippen molar-refractivity contribution in [3.63, 3.8) is 0 Å². The first kappa shape index (κ1) is 73.6. The summed E-state index contributed by atoms with van der Waals surface area (Å²) in [6.45, 7) is 18.9. The van der Waals surface area contributed by atoms with Crippen LogP contribution in [0.4, 0.5) is 15.3 Å². The number of nitrogens with one attached hydrogen (secondary N) is 3. The quantitative estimate of drug-likeness (QED) is 0.0330. The van der Waals surface area contributed by atoms with Gasteiger partial charge in [0.25, 0.3) is 11.8 Å². The van der Waals surface area contributed by atoms with E-state index in [1.807, 2.05) is 85.7 Å². The van der Waals surface area contributed by atoms with Crippen molar-refractivity contribution >= 4 is 64.7 Å². The SMILES string of the molecule is CC[C@H](C)[C@@H](C(CC(=O)N1CCCC1[C@H](OC)[C@@H](C)C(=O)C[C@H](C)[C@@H](O)c1ccccc1)OC)N(C)C(=O)[C@@H](CC(=O)[C@H](C(C)C)N(C)C(=O)OCc1ccc(NC(=O)[C@H](CCCNC(N)=O)CC(=O)[C@@H](NCN2C(=O)C=CC2=O)C(C)C)cc1)C(C)C. The zero-order valence-corrected chi connectivity index (χ0v) is 54.3. The summed E-state index contributed by atoms with van der Waals surface area (Å²) in [5.41, 5.74) is 6.93. The van der Waals surface area contributed by atoms with Crippen molar-refractivity contribution in [1.29, 1.82) is 0 Å². The Bertz CT molecular complexity index is 2690. The molecule has 0 radical (unpaired) electrons. The normalized spacial score (nSPS) is 18.0. The number of nitrogens with zero attached hydrogens (tertiary/aromatic N) is 4. The molecule has 488 valence electrons. The molecule has 12 atom stereocenters. The number of benzene rings is 2. The summed E-state index contributed by atoms with van der Waals surface area (Å²) in [4.78, 5) is 140. The van der Waals surface area contributed by atoms with Crippen molar-refractivity contribution in [2.75, 3.05) is 53.4 Å². The number of Topliss-reactive ketones (excluding diaryl/α,β-unsaturated/α-hetero) is 3. The fourth-order valence-electron chi connectivity index (χ4n) is 12.2. The number of primary amides is 1. The number of amides is 8. The Morgan fingerprint density at radius 3 is 1.94 bits per heavy atom. The van der Waals surface area contributed by atoms with Gasteiger partial charge < -0.3 is 50.4 Å². The molecular weight excluding hydrogens is 1130 g/mol. The molecular formula is C66H100N8O14. The van der Waals surface area contributed by atoms with Crippen molar-refractivity contribution in [2.45, 2.75) is 176 Å². The lowest BCUT2D eigenvalue weighted by Crippen LogP contribution is -2.54. The number of carbonyl (C=O) groups excluding carboxylic acids is 10. The Morgan fingerprint density at radius 2 is 1.39 bits per heavy atom. The van der Waals surface area contributed by atoms with Crippen LogP contribution in [0.2, 0.25) is 0 Å². The number of rotatable bonds is 37. The minimum atomic E-state index is -0.959. The van der Waals surface area contributed by atoms with Crippen molar-refractivity contribution in [1.82, 2.24) is 30.2 Å². The van der Waals surface area contributed by atoms with Gasteiger partial charge in [0, 0.05) is 96.3 Å². The molecule has 2 unspecified atom stereocenters. The number of likely N-dealkylation sites (N-methyl/N-ethyl adjacent to an activating group) is 2. The number of methoxy groups -OCH3 is 2. The summed E-state index contributed by atoms with van der Waals surface area (Å²) in [5.74, 6) is -6.26. The number of imide groups is 1. The van der Waals surface area contributed by atoms with Crippen molar-refractivity contribution in [3.8, 4) is 0 Å². The average Bonchev–Trinajstić information content (AvgIpc) is 3.00. The van der Waals surface area contributed by atoms with E-state index in [-0.39, 0.29) is 117 Å². The van der Waals surface area contributed by atoms with E-state index < -0.39 is 84.0 Å². The number of nitrogens with two attached hydrogens (primary N) is 1. The molecule has 0 aliphatic carbocycles. The molecule has 4 rings (SSSR count). The maximum absolute atomic E-state index is 14.9. The maximum Gasteiger partial charge on any atom is 0.410 e. The Balaban J connectivity index is 1.40. The van der Waals surface area contributed by atoms with Crippen LogP contribution >= 0.6 is 0 Å². The molecule has 88 heavy (non-hydrogen) atoms. The van der Waals surface area contributed by atoms with Crippen LogP contribution in [0.1, 0.15) is 144 Å². The highest BCUT2D eigenvalue weighted by Crippen LogP contribution is 2.33. The first-order chi connectivity index (χ1) is 41.6. The second-order valence-corrected chi connectivity index (χ2v) is 25.0. The third-order valence-electron chi connectivity index (χ3n) is 17.6. The standard InChI is InChI=1S/C66H100N8O14/c1-15-42(8)60(54(86-13)36-57(80)73-32-20-24-50(73)62(87-14)44(10)51(75)33-43(9)61(81)46-21-17-16-18-22-46)71(11)64(83)49(39(2)3)35-53(77)59(41(6)7)72(12)66(85)88-37-45-25-27-48(28-26-45)70-63(82)47(23-19-31-68-65(67)84)34-52(76)58(40(4)5)69-38-74-55(78)29-30-56(74)79/h16-18,21-22,25-30,39-44,47,49-50,54,58-62,69,81H,15,19-20,23-24,31-38H2,1-14H3,(H,70,82)(H3,67,68,84)/t42-,43-,44-,47+,49-,50?,54?,58-,59-,60-,61+,62+/m0/s1. The number of aliphatic hydroxyl groups excluding tert-OH is 1. The number of anilines is 1. The van der Waals surface area contributed by atoms with E-state index in [0.717, 1.165) is 22.6 Å². The minimum Gasteiger partial charge on any atom is -0.445 e. The number of ether oxygens (including phenoxy) is 3. The van der Waals surface area contributed by atoms with Gasteiger partial charge in [-0.2, -0.15) is 0 Å². The highest BCUT2D eigenvalue weighted by Gasteiger charge is 2.44. The number of aliphatic hydroxyl groups is 1. The molecule has 8 amide bonds. The molecule has 22 heteroatoms. The Hall–Kier alpha value is -6.88. The molecule has 6 N–H and O–H groups in total. The van der Waals surface area contributed by atoms with Gasteiger partial charge in [0.05, 0.1) is 55.6 Å². The van der Waals surface area contributed by atoms with Crippen LogP contribution in [0, 0.1) is 47.3 Å². The summed E-state index contributed by atoms with van der Waals surface area (Å²) in [6, 6.07) is 12.3. The molecule has 0 aromatic heterocycles. The van der Waals surface area contributed by atoms with Crippen LogP contribution in [0.25, 0.3) is 0 Å². The number of urea groups is 1. The van der Waals surface area contributed by atoms with Gasteiger partial charge >= 0.3 is 12.1 Å². The molecule has 2 aliphatic heterocycles. The number of ketones is 3. The lowest BCUT2D eigenvalue weighted by molar-refractivity contribution is -0.149. The lowest BCUT2D eigenvalue weighted by atomic mass is 9.83. The van der Waals surface area contributed by atoms with E-state index in [2.05, 4.69) is 16.0 Å². The Morgan fingerprint density at radius 1 is 0.750 bits per heavy atom. The van der Waals surface area contributed by atoms with E-state index in [1.54, 1.807) is 62.1 Å². The highest BCUT2D eigenvalue weighted by atomic mass is 16.6. The van der Waals surface area contributed by atoms with Crippen LogP contribution in [-0.4, -0.2) is 168 Å². The molecule has 2 aliphatic rings. The fourth-order valence-corrected chi connectivity index (χ4v) is 12.2. The molecule has 2 aromatic rings. The van der Waals surface area contributed by atoms with E-state index >= 15 is 0 Å². The van der Waals surface area contributed by atoms with Crippen molar-refractivity contribution in [3.05, 3.63) is 77.9 Å². The molecule has 1 saturated heterocycles. The fraction of sp³-hybridized carbons (Fsp3) is 0.636. The average molecular weight is 1230 g/mol. The Labute approximate surface area is 520 Å². The number of hydrogen-bond acceptors (Lipinski definition) is 15. The van der Waals surface area contributed by atoms with Crippen molar-refractivity contribution in [2.24, 2.45) is 53.1 Å². The zero-order valence-electron chi connectivity index (χ0n) is 54.3. The largest absolute Gasteiger partial charge is 0.445 e.